The molecule has 0 unspecified atom stereocenters. The smallest absolute Gasteiger partial charge is 0.257 e. The number of hydrogen-bond acceptors (Lipinski definition) is 7. The molecule has 0 bridgehead atoms. The van der Waals surface area contributed by atoms with E-state index in [1.807, 2.05) is 0 Å². The van der Waals surface area contributed by atoms with Crippen molar-refractivity contribution < 1.29 is 27.1 Å². The summed E-state index contributed by atoms with van der Waals surface area (Å²) in [5.74, 6) is -1.63. The molecular weight excluding hydrogens is 482 g/mol. The molecular formula is C23H33F4N7O2. The topological polar surface area (TPSA) is 119 Å². The quantitative estimate of drug-likeness (QED) is 0.0701. The number of amides is 1. The van der Waals surface area contributed by atoms with Crippen LogP contribution in [0.25, 0.3) is 0 Å². The van der Waals surface area contributed by atoms with E-state index in [4.69, 9.17) is 15.9 Å². The number of nitrogens with two attached hydrogens (primary N) is 1. The van der Waals surface area contributed by atoms with Crippen LogP contribution in [0.4, 0.5) is 17.6 Å². The predicted molar refractivity (Wildman–Crippen MR) is 132 cm³/mol. The average molecular weight is 516 g/mol. The lowest BCUT2D eigenvalue weighted by Crippen LogP contribution is -2.48. The second-order valence-corrected chi connectivity index (χ2v) is 7.94. The lowest BCUT2D eigenvalue weighted by Gasteiger charge is -2.35. The minimum Gasteiger partial charge on any atom is -0.469 e. The van der Waals surface area contributed by atoms with Crippen LogP contribution in [0, 0.1) is 5.41 Å². The number of aliphatic imine (C=N–C) groups is 1. The van der Waals surface area contributed by atoms with Gasteiger partial charge in [0.1, 0.15) is 18.1 Å². The number of allylic oxidation sites excluding steroid dienone is 3. The third-order valence-electron chi connectivity index (χ3n) is 4.81. The number of likely N-dealkylation sites (tertiary alicyclic amines) is 1. The normalized spacial score (nSPS) is 19.7. The molecule has 4 N–H and O–H groups in total. The van der Waals surface area contributed by atoms with E-state index in [0.29, 0.717) is 6.20 Å². The SMILES string of the molecule is C=CCC(=O)N1CC[C@H](F)[C@H](OC(/N=C(\C)NC(=C)/C=N\N(C)CC(F)F)=C(C(C)=N)\C(F)=C/N)C1. The van der Waals surface area contributed by atoms with E-state index < -0.39 is 42.5 Å². The zero-order valence-corrected chi connectivity index (χ0v) is 20.6. The van der Waals surface area contributed by atoms with E-state index >= 15 is 0 Å². The number of carbonyl (C=O) groups excluding carboxylic acids is 1. The number of alkyl halides is 3. The van der Waals surface area contributed by atoms with Crippen molar-refractivity contribution >= 4 is 23.7 Å². The molecule has 0 aromatic rings. The van der Waals surface area contributed by atoms with Gasteiger partial charge in [-0.05, 0) is 20.3 Å². The molecule has 9 nitrogen and oxygen atoms in total. The lowest BCUT2D eigenvalue weighted by molar-refractivity contribution is -0.135. The monoisotopic (exact) mass is 515 g/mol. The Kier molecular flexibility index (Phi) is 12.4. The summed E-state index contributed by atoms with van der Waals surface area (Å²) in [5.41, 5.74) is 4.76. The second kappa shape index (κ2) is 14.7. The number of carbonyl (C=O) groups is 1. The fraction of sp³-hybridized carbons (Fsp3) is 0.478. The van der Waals surface area contributed by atoms with Crippen molar-refractivity contribution in [2.75, 3.05) is 26.7 Å². The van der Waals surface area contributed by atoms with Crippen LogP contribution in [-0.2, 0) is 9.53 Å². The first-order valence-electron chi connectivity index (χ1n) is 11.0. The summed E-state index contributed by atoms with van der Waals surface area (Å²) in [6.07, 6.45) is -1.95. The van der Waals surface area contributed by atoms with Crippen LogP contribution in [-0.4, -0.2) is 79.0 Å². The molecule has 1 heterocycles. The Morgan fingerprint density at radius 1 is 1.42 bits per heavy atom. The zero-order valence-electron chi connectivity index (χ0n) is 20.6. The van der Waals surface area contributed by atoms with Gasteiger partial charge in [-0.15, -0.1) is 6.58 Å². The number of ether oxygens (including phenoxy) is 1. The van der Waals surface area contributed by atoms with Crippen molar-refractivity contribution in [3.05, 3.63) is 48.4 Å². The Bertz CT molecular complexity index is 947. The van der Waals surface area contributed by atoms with E-state index in [1.54, 1.807) is 0 Å². The zero-order chi connectivity index (χ0) is 27.4. The maximum Gasteiger partial charge on any atom is 0.257 e. The van der Waals surface area contributed by atoms with Crippen LogP contribution in [0.15, 0.2) is 58.5 Å². The molecule has 0 radical (unpaired) electrons. The van der Waals surface area contributed by atoms with Crippen molar-refractivity contribution in [1.82, 2.24) is 15.2 Å². The number of hydrazone groups is 1. The van der Waals surface area contributed by atoms with E-state index in [-0.39, 0.29) is 49.1 Å². The Balaban J connectivity index is 3.24. The summed E-state index contributed by atoms with van der Waals surface area (Å²) in [7, 11) is 1.35. The third kappa shape index (κ3) is 9.92. The first-order chi connectivity index (χ1) is 16.9. The first kappa shape index (κ1) is 30.4. The molecule has 1 aliphatic heterocycles. The summed E-state index contributed by atoms with van der Waals surface area (Å²) in [4.78, 5) is 17.8. The van der Waals surface area contributed by atoms with Gasteiger partial charge in [0.2, 0.25) is 11.8 Å². The number of halogens is 4. The predicted octanol–water partition coefficient (Wildman–Crippen LogP) is 3.24. The number of nitrogens with one attached hydrogen (secondary N) is 2. The number of amidine groups is 1. The molecule has 0 aromatic carbocycles. The molecule has 2 atom stereocenters. The minimum absolute atomic E-state index is 0.00467. The van der Waals surface area contributed by atoms with Crippen molar-refractivity contribution in [3.8, 4) is 0 Å². The second-order valence-electron chi connectivity index (χ2n) is 7.94. The molecule has 1 fully saturated rings. The molecule has 0 aliphatic carbocycles. The van der Waals surface area contributed by atoms with Gasteiger partial charge in [0.25, 0.3) is 6.43 Å². The van der Waals surface area contributed by atoms with Gasteiger partial charge in [-0.3, -0.25) is 9.80 Å². The lowest BCUT2D eigenvalue weighted by atomic mass is 10.1. The molecule has 0 aromatic heterocycles. The van der Waals surface area contributed by atoms with Crippen LogP contribution < -0.4 is 11.1 Å². The van der Waals surface area contributed by atoms with Crippen LogP contribution in [0.5, 0.6) is 0 Å². The van der Waals surface area contributed by atoms with Crippen molar-refractivity contribution in [3.63, 3.8) is 0 Å². The van der Waals surface area contributed by atoms with Crippen LogP contribution in [0.2, 0.25) is 0 Å². The molecule has 36 heavy (non-hydrogen) atoms. The highest BCUT2D eigenvalue weighted by Crippen LogP contribution is 2.26. The van der Waals surface area contributed by atoms with Crippen molar-refractivity contribution in [2.24, 2.45) is 15.8 Å². The molecule has 1 amide bonds. The minimum atomic E-state index is -2.57. The average Bonchev–Trinajstić information content (AvgIpc) is 2.78. The maximum atomic E-state index is 14.7. The number of piperidine rings is 1. The summed E-state index contributed by atoms with van der Waals surface area (Å²) in [5, 5.41) is 15.5. The molecule has 1 rings (SSSR count). The summed E-state index contributed by atoms with van der Waals surface area (Å²) in [6.45, 7) is 9.43. The summed E-state index contributed by atoms with van der Waals surface area (Å²) < 4.78 is 59.9. The third-order valence-corrected chi connectivity index (χ3v) is 4.81. The molecule has 0 spiro atoms. The fourth-order valence-corrected chi connectivity index (χ4v) is 3.15. The van der Waals surface area contributed by atoms with Gasteiger partial charge in [0, 0.05) is 31.9 Å². The van der Waals surface area contributed by atoms with Gasteiger partial charge in [0.05, 0.1) is 30.6 Å². The van der Waals surface area contributed by atoms with Gasteiger partial charge in [0.15, 0.2) is 5.83 Å². The van der Waals surface area contributed by atoms with E-state index in [9.17, 15) is 22.4 Å². The highest BCUT2D eigenvalue weighted by atomic mass is 19.3. The van der Waals surface area contributed by atoms with Gasteiger partial charge in [-0.1, -0.05) is 12.7 Å². The van der Waals surface area contributed by atoms with Gasteiger partial charge in [-0.25, -0.2) is 22.6 Å². The number of nitrogens with zero attached hydrogens (tertiary/aromatic N) is 4. The molecule has 1 saturated heterocycles. The van der Waals surface area contributed by atoms with E-state index in [2.05, 4.69) is 28.6 Å². The van der Waals surface area contributed by atoms with Crippen molar-refractivity contribution in [2.45, 2.75) is 45.4 Å². The van der Waals surface area contributed by atoms with E-state index in [0.717, 1.165) is 5.01 Å². The van der Waals surface area contributed by atoms with Crippen molar-refractivity contribution in [1.29, 1.82) is 5.41 Å². The fourth-order valence-electron chi connectivity index (χ4n) is 3.15. The van der Waals surface area contributed by atoms with Crippen LogP contribution >= 0.6 is 0 Å². The molecule has 0 saturated carbocycles. The summed E-state index contributed by atoms with van der Waals surface area (Å²) in [6, 6.07) is 0. The Morgan fingerprint density at radius 3 is 2.64 bits per heavy atom. The first-order valence-corrected chi connectivity index (χ1v) is 11.0. The molecule has 200 valence electrons. The summed E-state index contributed by atoms with van der Waals surface area (Å²) >= 11 is 0. The largest absolute Gasteiger partial charge is 0.469 e. The van der Waals surface area contributed by atoms with Crippen LogP contribution in [0.1, 0.15) is 26.7 Å². The highest BCUT2D eigenvalue weighted by Gasteiger charge is 2.34. The Morgan fingerprint density at radius 2 is 2.08 bits per heavy atom. The molecule has 1 aliphatic rings. The highest BCUT2D eigenvalue weighted by molar-refractivity contribution is 6.00. The van der Waals surface area contributed by atoms with E-state index in [1.165, 1.54) is 38.1 Å². The van der Waals surface area contributed by atoms with Gasteiger partial charge >= 0.3 is 0 Å². The maximum absolute atomic E-state index is 14.7. The Labute approximate surface area is 208 Å². The standard InChI is InChI=1S/C23H33F4N7O2/c1-6-7-21(35)34-9-8-17(24)19(12-34)36-23(22(15(3)29)18(25)10-28)32-16(4)31-14(2)11-30-33(5)13-20(26)27/h6,10-11,17,19-20,29H,1-2,7-9,12-13,28H2,3-5H3,(H,31,32)/b18-10+,23-22-,29-15?,30-11-/t17-,19+/m0/s1. The van der Waals surface area contributed by atoms with Gasteiger partial charge < -0.3 is 26.1 Å². The number of hydrogen-bond donors (Lipinski definition) is 3. The van der Waals surface area contributed by atoms with Crippen LogP contribution in [0.3, 0.4) is 0 Å². The molecule has 13 heteroatoms. The Hall–Kier alpha value is -3.64. The van der Waals surface area contributed by atoms with Gasteiger partial charge in [-0.2, -0.15) is 5.10 Å². The number of rotatable bonds is 12.